The summed E-state index contributed by atoms with van der Waals surface area (Å²) in [6, 6.07) is 7.13. The van der Waals surface area contributed by atoms with Crippen LogP contribution >= 0.6 is 0 Å². The van der Waals surface area contributed by atoms with Gasteiger partial charge in [0.15, 0.2) is 5.72 Å². The number of rotatable bonds is 3. The molecule has 2 bridgehead atoms. The van der Waals surface area contributed by atoms with Gasteiger partial charge in [-0.15, -0.1) is 0 Å². The van der Waals surface area contributed by atoms with E-state index in [2.05, 4.69) is 4.90 Å². The fraction of sp³-hybridized carbons (Fsp3) is 0.529. The molecule has 1 aromatic rings. The first-order valence-corrected chi connectivity index (χ1v) is 7.71. The summed E-state index contributed by atoms with van der Waals surface area (Å²) in [6.45, 7) is 0. The van der Waals surface area contributed by atoms with Crippen molar-refractivity contribution in [2.45, 2.75) is 43.9 Å². The molecule has 0 radical (unpaired) electrons. The first kappa shape index (κ1) is 15.0. The van der Waals surface area contributed by atoms with E-state index in [1.165, 1.54) is 7.11 Å². The lowest BCUT2D eigenvalue weighted by Gasteiger charge is -2.41. The zero-order chi connectivity index (χ0) is 15.7. The molecule has 0 N–H and O–H groups in total. The van der Waals surface area contributed by atoms with Gasteiger partial charge in [-0.3, -0.25) is 4.90 Å². The lowest BCUT2D eigenvalue weighted by Crippen LogP contribution is -2.50. The standard InChI is InChI=1S/C17H21NO4/c1-18-12-6-5-10-17(18,11-9-12)22-16(20)14-8-4-3-7-13(14)15(19)21-2/h3-4,7-8,12H,5-6,9-11H2,1-2H3/t12-,17-/m1/s1. The lowest BCUT2D eigenvalue weighted by molar-refractivity contribution is -0.116. The van der Waals surface area contributed by atoms with E-state index in [-0.39, 0.29) is 11.1 Å². The zero-order valence-corrected chi connectivity index (χ0v) is 13.0. The molecule has 118 valence electrons. The van der Waals surface area contributed by atoms with Crippen LogP contribution < -0.4 is 0 Å². The van der Waals surface area contributed by atoms with Crippen molar-refractivity contribution in [3.05, 3.63) is 35.4 Å². The van der Waals surface area contributed by atoms with Crippen LogP contribution in [0.3, 0.4) is 0 Å². The number of hydrogen-bond acceptors (Lipinski definition) is 5. The molecule has 2 saturated heterocycles. The highest BCUT2D eigenvalue weighted by atomic mass is 16.6. The van der Waals surface area contributed by atoms with Gasteiger partial charge in [-0.1, -0.05) is 12.1 Å². The predicted molar refractivity (Wildman–Crippen MR) is 80.6 cm³/mol. The van der Waals surface area contributed by atoms with Gasteiger partial charge in [0.1, 0.15) is 0 Å². The maximum Gasteiger partial charge on any atom is 0.340 e. The Balaban J connectivity index is 1.85. The summed E-state index contributed by atoms with van der Waals surface area (Å²) in [6.07, 6.45) is 5.00. The molecule has 2 atom stereocenters. The number of esters is 2. The Kier molecular flexibility index (Phi) is 3.91. The molecule has 1 aromatic carbocycles. The first-order chi connectivity index (χ1) is 10.6. The molecule has 0 aliphatic carbocycles. The third-order valence-corrected chi connectivity index (χ3v) is 5.00. The van der Waals surface area contributed by atoms with Crippen LogP contribution in [0.15, 0.2) is 24.3 Å². The number of methoxy groups -OCH3 is 1. The number of fused-ring (bicyclic) bond motifs is 2. The van der Waals surface area contributed by atoms with E-state index >= 15 is 0 Å². The minimum absolute atomic E-state index is 0.249. The molecule has 3 rings (SSSR count). The molecule has 2 aliphatic rings. The first-order valence-electron chi connectivity index (χ1n) is 7.71. The molecule has 0 saturated carbocycles. The highest BCUT2D eigenvalue weighted by Gasteiger charge is 2.49. The van der Waals surface area contributed by atoms with Gasteiger partial charge in [-0.05, 0) is 38.4 Å². The maximum atomic E-state index is 12.6. The molecule has 0 spiro atoms. The Morgan fingerprint density at radius 1 is 1.14 bits per heavy atom. The third kappa shape index (κ3) is 2.39. The Hall–Kier alpha value is -1.88. The molecule has 5 heteroatoms. The van der Waals surface area contributed by atoms with E-state index < -0.39 is 17.7 Å². The molecular formula is C17H21NO4. The fourth-order valence-corrected chi connectivity index (χ4v) is 3.70. The number of nitrogens with zero attached hydrogens (tertiary/aromatic N) is 1. The van der Waals surface area contributed by atoms with Gasteiger partial charge in [0, 0.05) is 18.9 Å². The van der Waals surface area contributed by atoms with E-state index in [4.69, 9.17) is 9.47 Å². The topological polar surface area (TPSA) is 55.8 Å². The van der Waals surface area contributed by atoms with Gasteiger partial charge in [-0.25, -0.2) is 9.59 Å². The van der Waals surface area contributed by atoms with Crippen molar-refractivity contribution in [3.63, 3.8) is 0 Å². The van der Waals surface area contributed by atoms with E-state index in [1.807, 2.05) is 7.05 Å². The minimum Gasteiger partial charge on any atom is -0.465 e. The number of ether oxygens (including phenoxy) is 2. The van der Waals surface area contributed by atoms with E-state index in [0.717, 1.165) is 32.1 Å². The Labute approximate surface area is 130 Å². The minimum atomic E-state index is -0.522. The zero-order valence-electron chi connectivity index (χ0n) is 13.0. The fourth-order valence-electron chi connectivity index (χ4n) is 3.70. The number of piperidine rings is 1. The van der Waals surface area contributed by atoms with Crippen LogP contribution in [0.4, 0.5) is 0 Å². The van der Waals surface area contributed by atoms with Crippen molar-refractivity contribution >= 4 is 11.9 Å². The second-order valence-corrected chi connectivity index (χ2v) is 6.07. The van der Waals surface area contributed by atoms with Crippen molar-refractivity contribution < 1.29 is 19.1 Å². The van der Waals surface area contributed by atoms with Crippen LogP contribution in [-0.2, 0) is 9.47 Å². The monoisotopic (exact) mass is 303 g/mol. The van der Waals surface area contributed by atoms with Gasteiger partial charge in [0.2, 0.25) is 0 Å². The van der Waals surface area contributed by atoms with Gasteiger partial charge in [-0.2, -0.15) is 0 Å². The van der Waals surface area contributed by atoms with E-state index in [1.54, 1.807) is 24.3 Å². The van der Waals surface area contributed by atoms with Crippen LogP contribution in [0.25, 0.3) is 0 Å². The number of carbonyl (C=O) groups is 2. The molecule has 2 fully saturated rings. The van der Waals surface area contributed by atoms with Crippen molar-refractivity contribution in [2.75, 3.05) is 14.2 Å². The number of benzene rings is 1. The lowest BCUT2D eigenvalue weighted by atomic mass is 10.00. The van der Waals surface area contributed by atoms with Crippen molar-refractivity contribution in [1.29, 1.82) is 0 Å². The Morgan fingerprint density at radius 2 is 1.82 bits per heavy atom. The summed E-state index contributed by atoms with van der Waals surface area (Å²) in [7, 11) is 3.33. The maximum absolute atomic E-state index is 12.6. The van der Waals surface area contributed by atoms with Crippen LogP contribution in [0, 0.1) is 0 Å². The van der Waals surface area contributed by atoms with Gasteiger partial charge in [0.05, 0.1) is 18.2 Å². The van der Waals surface area contributed by atoms with Crippen LogP contribution in [-0.4, -0.2) is 42.8 Å². The summed E-state index contributed by atoms with van der Waals surface area (Å²) in [4.78, 5) is 26.6. The second-order valence-electron chi connectivity index (χ2n) is 6.07. The highest BCUT2D eigenvalue weighted by Crippen LogP contribution is 2.44. The number of carbonyl (C=O) groups excluding carboxylic acids is 2. The Bertz CT molecular complexity index is 596. The molecule has 0 amide bonds. The van der Waals surface area contributed by atoms with E-state index in [9.17, 15) is 9.59 Å². The molecular weight excluding hydrogens is 282 g/mol. The summed E-state index contributed by atoms with van der Waals surface area (Å²) in [5.41, 5.74) is 0.00835. The quantitative estimate of drug-likeness (QED) is 0.803. The van der Waals surface area contributed by atoms with Crippen LogP contribution in [0.5, 0.6) is 0 Å². The van der Waals surface area contributed by atoms with Crippen molar-refractivity contribution in [1.82, 2.24) is 4.90 Å². The largest absolute Gasteiger partial charge is 0.465 e. The van der Waals surface area contributed by atoms with Gasteiger partial charge >= 0.3 is 11.9 Å². The molecule has 2 heterocycles. The van der Waals surface area contributed by atoms with Gasteiger partial charge in [0.25, 0.3) is 0 Å². The molecule has 0 unspecified atom stereocenters. The Morgan fingerprint density at radius 3 is 2.50 bits per heavy atom. The van der Waals surface area contributed by atoms with Gasteiger partial charge < -0.3 is 9.47 Å². The molecule has 5 nitrogen and oxygen atoms in total. The second kappa shape index (κ2) is 5.72. The SMILES string of the molecule is COC(=O)c1ccccc1C(=O)O[C@]12CCC[C@H](CC1)N2C. The predicted octanol–water partition coefficient (Wildman–Crippen LogP) is 2.60. The average Bonchev–Trinajstić information content (AvgIpc) is 2.73. The smallest absolute Gasteiger partial charge is 0.340 e. The van der Waals surface area contributed by atoms with Crippen molar-refractivity contribution in [3.8, 4) is 0 Å². The summed E-state index contributed by atoms with van der Waals surface area (Å²) < 4.78 is 10.6. The highest BCUT2D eigenvalue weighted by molar-refractivity contribution is 6.03. The summed E-state index contributed by atoms with van der Waals surface area (Å²) in [5, 5.41) is 0. The van der Waals surface area contributed by atoms with Crippen LogP contribution in [0.1, 0.15) is 52.8 Å². The normalized spacial score (nSPS) is 27.5. The van der Waals surface area contributed by atoms with Crippen LogP contribution in [0.2, 0.25) is 0 Å². The summed E-state index contributed by atoms with van der Waals surface area (Å²) >= 11 is 0. The molecule has 2 aliphatic heterocycles. The average molecular weight is 303 g/mol. The molecule has 22 heavy (non-hydrogen) atoms. The molecule has 0 aromatic heterocycles. The van der Waals surface area contributed by atoms with Crippen molar-refractivity contribution in [2.24, 2.45) is 0 Å². The number of hydrogen-bond donors (Lipinski definition) is 0. The van der Waals surface area contributed by atoms with E-state index in [0.29, 0.717) is 6.04 Å². The summed E-state index contributed by atoms with van der Waals surface area (Å²) in [5.74, 6) is -0.971. The third-order valence-electron chi connectivity index (χ3n) is 5.00.